The SMILES string of the molecule is C=C[C@@H](CC)c1cccc(C)c1. The normalized spacial score (nSPS) is 12.5. The Morgan fingerprint density at radius 2 is 2.25 bits per heavy atom. The molecular weight excluding hydrogens is 144 g/mol. The largest absolute Gasteiger partial charge is 0.102 e. The third kappa shape index (κ3) is 1.97. The molecule has 0 radical (unpaired) electrons. The number of benzene rings is 1. The molecule has 0 unspecified atom stereocenters. The number of rotatable bonds is 3. The van der Waals surface area contributed by atoms with Gasteiger partial charge in [-0.2, -0.15) is 0 Å². The van der Waals surface area contributed by atoms with E-state index < -0.39 is 0 Å². The lowest BCUT2D eigenvalue weighted by atomic mass is 9.95. The summed E-state index contributed by atoms with van der Waals surface area (Å²) in [5, 5.41) is 0. The monoisotopic (exact) mass is 160 g/mol. The van der Waals surface area contributed by atoms with Gasteiger partial charge in [-0.15, -0.1) is 6.58 Å². The smallest absolute Gasteiger partial charge is 0.00127 e. The standard InChI is InChI=1S/C12H16/c1-4-11(5-2)12-8-6-7-10(3)9-12/h4,6-9,11H,1,5H2,2-3H3/t11-/m0/s1. The molecule has 1 aromatic carbocycles. The van der Waals surface area contributed by atoms with Crippen molar-refractivity contribution in [1.29, 1.82) is 0 Å². The highest BCUT2D eigenvalue weighted by Gasteiger charge is 2.03. The summed E-state index contributed by atoms with van der Waals surface area (Å²) in [5.74, 6) is 0.518. The fraction of sp³-hybridized carbons (Fsp3) is 0.333. The summed E-state index contributed by atoms with van der Waals surface area (Å²) in [4.78, 5) is 0. The molecule has 0 amide bonds. The van der Waals surface area contributed by atoms with Gasteiger partial charge in [0.1, 0.15) is 0 Å². The summed E-state index contributed by atoms with van der Waals surface area (Å²) in [6.45, 7) is 8.15. The zero-order valence-electron chi connectivity index (χ0n) is 7.88. The first-order chi connectivity index (χ1) is 5.77. The van der Waals surface area contributed by atoms with Crippen LogP contribution in [0.4, 0.5) is 0 Å². The number of aryl methyl sites for hydroxylation is 1. The molecule has 12 heavy (non-hydrogen) atoms. The van der Waals surface area contributed by atoms with Gasteiger partial charge in [0, 0.05) is 5.92 Å². The predicted octanol–water partition coefficient (Wildman–Crippen LogP) is 3.67. The Labute approximate surface area is 74.9 Å². The minimum atomic E-state index is 0.518. The molecule has 0 aliphatic heterocycles. The lowest BCUT2D eigenvalue weighted by Gasteiger charge is -2.09. The molecule has 1 atom stereocenters. The third-order valence-corrected chi connectivity index (χ3v) is 2.19. The number of allylic oxidation sites excluding steroid dienone is 1. The number of hydrogen-bond acceptors (Lipinski definition) is 0. The van der Waals surface area contributed by atoms with Crippen molar-refractivity contribution >= 4 is 0 Å². The minimum absolute atomic E-state index is 0.518. The molecule has 1 aromatic rings. The van der Waals surface area contributed by atoms with Crippen molar-refractivity contribution in [2.24, 2.45) is 0 Å². The maximum atomic E-state index is 3.84. The molecule has 0 N–H and O–H groups in total. The highest BCUT2D eigenvalue weighted by Crippen LogP contribution is 2.20. The molecule has 0 aromatic heterocycles. The van der Waals surface area contributed by atoms with Crippen LogP contribution in [-0.4, -0.2) is 0 Å². The Bertz CT molecular complexity index is 260. The van der Waals surface area contributed by atoms with E-state index in [0.29, 0.717) is 5.92 Å². The molecular formula is C12H16. The van der Waals surface area contributed by atoms with E-state index in [2.05, 4.69) is 44.7 Å². The van der Waals surface area contributed by atoms with Crippen LogP contribution in [0.2, 0.25) is 0 Å². The second-order valence-electron chi connectivity index (χ2n) is 3.16. The van der Waals surface area contributed by atoms with Gasteiger partial charge in [0.05, 0.1) is 0 Å². The topological polar surface area (TPSA) is 0 Å². The molecule has 64 valence electrons. The van der Waals surface area contributed by atoms with Crippen molar-refractivity contribution in [1.82, 2.24) is 0 Å². The van der Waals surface area contributed by atoms with Crippen molar-refractivity contribution in [3.63, 3.8) is 0 Å². The van der Waals surface area contributed by atoms with E-state index in [0.717, 1.165) is 6.42 Å². The van der Waals surface area contributed by atoms with Crippen molar-refractivity contribution in [2.45, 2.75) is 26.2 Å². The zero-order valence-corrected chi connectivity index (χ0v) is 7.88. The fourth-order valence-corrected chi connectivity index (χ4v) is 1.44. The van der Waals surface area contributed by atoms with Crippen LogP contribution in [0.15, 0.2) is 36.9 Å². The van der Waals surface area contributed by atoms with E-state index in [9.17, 15) is 0 Å². The zero-order chi connectivity index (χ0) is 8.97. The fourth-order valence-electron chi connectivity index (χ4n) is 1.44. The van der Waals surface area contributed by atoms with Crippen LogP contribution in [0.3, 0.4) is 0 Å². The van der Waals surface area contributed by atoms with Crippen LogP contribution < -0.4 is 0 Å². The quantitative estimate of drug-likeness (QED) is 0.592. The van der Waals surface area contributed by atoms with Crippen molar-refractivity contribution in [3.8, 4) is 0 Å². The first-order valence-corrected chi connectivity index (χ1v) is 4.47. The highest BCUT2D eigenvalue weighted by atomic mass is 14.1. The maximum Gasteiger partial charge on any atom is 0.00127 e. The third-order valence-electron chi connectivity index (χ3n) is 2.19. The van der Waals surface area contributed by atoms with Gasteiger partial charge in [0.15, 0.2) is 0 Å². The molecule has 0 nitrogen and oxygen atoms in total. The van der Waals surface area contributed by atoms with Gasteiger partial charge in [0.2, 0.25) is 0 Å². The second-order valence-corrected chi connectivity index (χ2v) is 3.16. The molecule has 1 rings (SSSR count). The molecule has 0 heteroatoms. The van der Waals surface area contributed by atoms with Crippen molar-refractivity contribution in [3.05, 3.63) is 48.0 Å². The summed E-state index contributed by atoms with van der Waals surface area (Å²) < 4.78 is 0. The molecule has 0 saturated carbocycles. The molecule has 0 aliphatic rings. The van der Waals surface area contributed by atoms with Gasteiger partial charge < -0.3 is 0 Å². The Balaban J connectivity index is 2.93. The van der Waals surface area contributed by atoms with E-state index in [4.69, 9.17) is 0 Å². The van der Waals surface area contributed by atoms with Gasteiger partial charge in [-0.1, -0.05) is 42.8 Å². The lowest BCUT2D eigenvalue weighted by Crippen LogP contribution is -1.92. The molecule has 0 aliphatic carbocycles. The summed E-state index contributed by atoms with van der Waals surface area (Å²) in [5.41, 5.74) is 2.71. The van der Waals surface area contributed by atoms with Crippen LogP contribution in [-0.2, 0) is 0 Å². The second kappa shape index (κ2) is 4.10. The Hall–Kier alpha value is -1.04. The molecule has 0 bridgehead atoms. The van der Waals surface area contributed by atoms with Crippen molar-refractivity contribution in [2.75, 3.05) is 0 Å². The molecule has 0 spiro atoms. The summed E-state index contributed by atoms with van der Waals surface area (Å²) in [6, 6.07) is 8.63. The van der Waals surface area contributed by atoms with Gasteiger partial charge in [-0.3, -0.25) is 0 Å². The van der Waals surface area contributed by atoms with Crippen LogP contribution >= 0.6 is 0 Å². The summed E-state index contributed by atoms with van der Waals surface area (Å²) in [6.07, 6.45) is 3.15. The highest BCUT2D eigenvalue weighted by molar-refractivity contribution is 5.27. The van der Waals surface area contributed by atoms with E-state index in [1.165, 1.54) is 11.1 Å². The predicted molar refractivity (Wildman–Crippen MR) is 54.4 cm³/mol. The molecule has 0 fully saturated rings. The van der Waals surface area contributed by atoms with Crippen LogP contribution in [0.1, 0.15) is 30.4 Å². The first kappa shape index (κ1) is 9.05. The van der Waals surface area contributed by atoms with Crippen molar-refractivity contribution < 1.29 is 0 Å². The van der Waals surface area contributed by atoms with Crippen LogP contribution in [0.25, 0.3) is 0 Å². The van der Waals surface area contributed by atoms with Gasteiger partial charge >= 0.3 is 0 Å². The average Bonchev–Trinajstić information content (AvgIpc) is 2.07. The van der Waals surface area contributed by atoms with Gasteiger partial charge in [-0.25, -0.2) is 0 Å². The summed E-state index contributed by atoms with van der Waals surface area (Å²) in [7, 11) is 0. The Kier molecular flexibility index (Phi) is 3.09. The van der Waals surface area contributed by atoms with Crippen LogP contribution in [0, 0.1) is 6.92 Å². The lowest BCUT2D eigenvalue weighted by molar-refractivity contribution is 0.806. The minimum Gasteiger partial charge on any atom is -0.102 e. The van der Waals surface area contributed by atoms with Gasteiger partial charge in [0.25, 0.3) is 0 Å². The summed E-state index contributed by atoms with van der Waals surface area (Å²) >= 11 is 0. The average molecular weight is 160 g/mol. The van der Waals surface area contributed by atoms with Crippen LogP contribution in [0.5, 0.6) is 0 Å². The van der Waals surface area contributed by atoms with E-state index >= 15 is 0 Å². The number of hydrogen-bond donors (Lipinski definition) is 0. The Morgan fingerprint density at radius 3 is 2.75 bits per heavy atom. The van der Waals surface area contributed by atoms with E-state index in [1.807, 2.05) is 6.08 Å². The van der Waals surface area contributed by atoms with Gasteiger partial charge in [-0.05, 0) is 18.9 Å². The Morgan fingerprint density at radius 1 is 1.50 bits per heavy atom. The maximum absolute atomic E-state index is 3.84. The van der Waals surface area contributed by atoms with E-state index in [-0.39, 0.29) is 0 Å². The van der Waals surface area contributed by atoms with E-state index in [1.54, 1.807) is 0 Å². The molecule has 0 heterocycles. The molecule has 0 saturated heterocycles. The first-order valence-electron chi connectivity index (χ1n) is 4.47.